The molecule has 1 rings (SSSR count). The van der Waals surface area contributed by atoms with Crippen LogP contribution in [0.2, 0.25) is 0 Å². The van der Waals surface area contributed by atoms with Crippen molar-refractivity contribution in [3.8, 4) is 0 Å². The van der Waals surface area contributed by atoms with E-state index in [1.807, 2.05) is 6.92 Å². The number of hydrogen-bond acceptors (Lipinski definition) is 2. The van der Waals surface area contributed by atoms with Crippen LogP contribution in [0.4, 0.5) is 0 Å². The summed E-state index contributed by atoms with van der Waals surface area (Å²) in [6, 6.07) is 0.669. The van der Waals surface area contributed by atoms with Gasteiger partial charge in [0.2, 0.25) is 0 Å². The number of nitrogens with two attached hydrogens (primary N) is 1. The van der Waals surface area contributed by atoms with E-state index in [1.165, 1.54) is 25.7 Å². The standard InChI is InChI=1S/C10H21N3O/c1-8(7-14-2)12-10(11)13-9-5-3-4-6-9/h8-9H,3-7H2,1-2H3,(H3,11,12,13). The zero-order chi connectivity index (χ0) is 10.4. The van der Waals surface area contributed by atoms with Crippen molar-refractivity contribution >= 4 is 5.96 Å². The fraction of sp³-hybridized carbons (Fsp3) is 0.900. The zero-order valence-corrected chi connectivity index (χ0v) is 9.12. The van der Waals surface area contributed by atoms with Crippen LogP contribution in [0.1, 0.15) is 32.6 Å². The maximum Gasteiger partial charge on any atom is 0.189 e. The third kappa shape index (κ3) is 3.96. The number of aliphatic imine (C=N–C) groups is 1. The van der Waals surface area contributed by atoms with Crippen LogP contribution < -0.4 is 11.1 Å². The van der Waals surface area contributed by atoms with Crippen LogP contribution in [-0.4, -0.2) is 31.8 Å². The van der Waals surface area contributed by atoms with Crippen molar-refractivity contribution in [2.24, 2.45) is 10.7 Å². The summed E-state index contributed by atoms with van der Waals surface area (Å²) in [5.41, 5.74) is 5.77. The number of nitrogens with one attached hydrogen (secondary N) is 1. The molecule has 0 amide bonds. The fourth-order valence-electron chi connectivity index (χ4n) is 1.81. The smallest absolute Gasteiger partial charge is 0.189 e. The van der Waals surface area contributed by atoms with Crippen molar-refractivity contribution in [3.05, 3.63) is 0 Å². The number of rotatable bonds is 4. The van der Waals surface area contributed by atoms with Gasteiger partial charge in [0.1, 0.15) is 0 Å². The molecule has 4 heteroatoms. The highest BCUT2D eigenvalue weighted by atomic mass is 16.5. The Morgan fingerprint density at radius 2 is 2.21 bits per heavy atom. The lowest BCUT2D eigenvalue weighted by molar-refractivity contribution is 0.179. The van der Waals surface area contributed by atoms with Gasteiger partial charge in [-0.1, -0.05) is 12.8 Å². The van der Waals surface area contributed by atoms with Crippen LogP contribution in [0.3, 0.4) is 0 Å². The Kier molecular flexibility index (Phi) is 4.73. The Balaban J connectivity index is 2.28. The second kappa shape index (κ2) is 5.86. The van der Waals surface area contributed by atoms with E-state index < -0.39 is 0 Å². The topological polar surface area (TPSA) is 59.6 Å². The minimum absolute atomic E-state index is 0.227. The van der Waals surface area contributed by atoms with Crippen LogP contribution in [-0.2, 0) is 4.74 Å². The van der Waals surface area contributed by atoms with E-state index >= 15 is 0 Å². The predicted octanol–water partition coefficient (Wildman–Crippen LogP) is 0.868. The summed E-state index contributed by atoms with van der Waals surface area (Å²) < 4.78 is 5.00. The van der Waals surface area contributed by atoms with Crippen LogP contribution >= 0.6 is 0 Å². The van der Waals surface area contributed by atoms with E-state index in [4.69, 9.17) is 10.5 Å². The third-order valence-electron chi connectivity index (χ3n) is 2.46. The Morgan fingerprint density at radius 3 is 2.79 bits per heavy atom. The molecule has 0 heterocycles. The summed E-state index contributed by atoms with van der Waals surface area (Å²) in [6.07, 6.45) is 4.94. The molecule has 0 aromatic carbocycles. The van der Waals surface area contributed by atoms with Gasteiger partial charge in [0.15, 0.2) is 5.96 Å². The van der Waals surface area contributed by atoms with Gasteiger partial charge in [-0.05, 0) is 19.8 Å². The second-order valence-electron chi connectivity index (χ2n) is 3.95. The summed E-state index contributed by atoms with van der Waals surface area (Å²) in [7, 11) is 1.68. The molecule has 1 unspecified atom stereocenters. The lowest BCUT2D eigenvalue weighted by atomic mass is 10.3. The van der Waals surface area contributed by atoms with Crippen molar-refractivity contribution in [2.75, 3.05) is 13.7 Å². The highest BCUT2D eigenvalue weighted by Gasteiger charge is 2.14. The van der Waals surface area contributed by atoms with Gasteiger partial charge in [0, 0.05) is 13.2 Å². The quantitative estimate of drug-likeness (QED) is 0.521. The van der Waals surface area contributed by atoms with Crippen LogP contribution in [0, 0.1) is 0 Å². The van der Waals surface area contributed by atoms with Gasteiger partial charge in [-0.15, -0.1) is 0 Å². The molecule has 1 aliphatic carbocycles. The van der Waals surface area contributed by atoms with E-state index in [9.17, 15) is 0 Å². The molecule has 14 heavy (non-hydrogen) atoms. The molecule has 0 radical (unpaired) electrons. The molecule has 0 aliphatic heterocycles. The van der Waals surface area contributed by atoms with Crippen molar-refractivity contribution < 1.29 is 4.74 Å². The zero-order valence-electron chi connectivity index (χ0n) is 9.12. The molecule has 82 valence electrons. The van der Waals surface area contributed by atoms with Crippen LogP contribution in [0.15, 0.2) is 4.99 Å². The fourth-order valence-corrected chi connectivity index (χ4v) is 1.81. The summed E-state index contributed by atoms with van der Waals surface area (Å²) in [5.74, 6) is 0.557. The molecular formula is C10H21N3O. The van der Waals surface area contributed by atoms with Crippen molar-refractivity contribution in [1.29, 1.82) is 0 Å². The monoisotopic (exact) mass is 199 g/mol. The summed E-state index contributed by atoms with van der Waals surface area (Å²) in [6.45, 7) is 2.68. The molecule has 1 fully saturated rings. The Morgan fingerprint density at radius 1 is 1.57 bits per heavy atom. The first kappa shape index (κ1) is 11.3. The summed E-state index contributed by atoms with van der Waals surface area (Å²) >= 11 is 0. The van der Waals surface area contributed by atoms with Gasteiger partial charge in [0.05, 0.1) is 12.6 Å². The molecule has 0 spiro atoms. The first-order chi connectivity index (χ1) is 6.72. The molecule has 1 atom stereocenters. The number of guanidine groups is 1. The molecule has 4 nitrogen and oxygen atoms in total. The lowest BCUT2D eigenvalue weighted by Gasteiger charge is -2.14. The van der Waals surface area contributed by atoms with Gasteiger partial charge in [-0.3, -0.25) is 4.99 Å². The summed E-state index contributed by atoms with van der Waals surface area (Å²) in [4.78, 5) is 4.43. The van der Waals surface area contributed by atoms with Crippen molar-refractivity contribution in [2.45, 2.75) is 44.7 Å². The maximum atomic E-state index is 5.77. The van der Waals surface area contributed by atoms with Gasteiger partial charge in [-0.25, -0.2) is 0 Å². The molecule has 0 saturated heterocycles. The van der Waals surface area contributed by atoms with Gasteiger partial charge >= 0.3 is 0 Å². The van der Waals surface area contributed by atoms with Crippen molar-refractivity contribution in [1.82, 2.24) is 5.32 Å². The minimum atomic E-state index is 0.227. The van der Waals surface area contributed by atoms with E-state index in [0.717, 1.165) is 0 Å². The Labute approximate surface area is 85.9 Å². The van der Waals surface area contributed by atoms with Crippen LogP contribution in [0.5, 0.6) is 0 Å². The molecule has 0 aromatic heterocycles. The number of nitrogens with zero attached hydrogens (tertiary/aromatic N) is 1. The maximum absolute atomic E-state index is 5.77. The second-order valence-corrected chi connectivity index (χ2v) is 3.95. The van der Waals surface area contributed by atoms with E-state index in [2.05, 4.69) is 10.3 Å². The molecular weight excluding hydrogens is 178 g/mol. The van der Waals surface area contributed by atoms with E-state index in [-0.39, 0.29) is 6.04 Å². The average Bonchev–Trinajstić information content (AvgIpc) is 2.56. The van der Waals surface area contributed by atoms with Crippen LogP contribution in [0.25, 0.3) is 0 Å². The highest BCUT2D eigenvalue weighted by molar-refractivity contribution is 5.78. The summed E-state index contributed by atoms with van der Waals surface area (Å²) in [5, 5.41) is 3.11. The average molecular weight is 199 g/mol. The first-order valence-electron chi connectivity index (χ1n) is 5.31. The normalized spacial score (nSPS) is 21.1. The minimum Gasteiger partial charge on any atom is -0.383 e. The Hall–Kier alpha value is -0.770. The van der Waals surface area contributed by atoms with Gasteiger partial charge < -0.3 is 15.8 Å². The van der Waals surface area contributed by atoms with Gasteiger partial charge in [-0.2, -0.15) is 0 Å². The Bertz CT molecular complexity index is 188. The lowest BCUT2D eigenvalue weighted by Crippen LogP contribution is -2.41. The first-order valence-corrected chi connectivity index (χ1v) is 5.31. The number of methoxy groups -OCH3 is 1. The highest BCUT2D eigenvalue weighted by Crippen LogP contribution is 2.20. The van der Waals surface area contributed by atoms with Crippen molar-refractivity contribution in [3.63, 3.8) is 0 Å². The van der Waals surface area contributed by atoms with Gasteiger partial charge in [0.25, 0.3) is 0 Å². The molecule has 0 bridgehead atoms. The molecule has 3 N–H and O–H groups in total. The van der Waals surface area contributed by atoms with E-state index in [1.54, 1.807) is 7.11 Å². The largest absolute Gasteiger partial charge is 0.383 e. The molecule has 1 aliphatic rings. The predicted molar refractivity (Wildman–Crippen MR) is 58.4 cm³/mol. The SMILES string of the molecule is COCC(C)NC(N)=NC1CCCC1. The van der Waals surface area contributed by atoms with E-state index in [0.29, 0.717) is 18.6 Å². The third-order valence-corrected chi connectivity index (χ3v) is 2.46. The number of hydrogen-bond donors (Lipinski definition) is 2. The molecule has 1 saturated carbocycles. The number of ether oxygens (including phenoxy) is 1. The molecule has 0 aromatic rings.